The number of fused-ring (bicyclic) bond motifs is 3. The largest absolute Gasteiger partial charge is 0.256 e. The number of hydrogen-bond donors (Lipinski definition) is 0. The molecule has 0 unspecified atom stereocenters. The monoisotopic (exact) mass is 659 g/mol. The fourth-order valence-electron chi connectivity index (χ4n) is 8.39. The van der Waals surface area contributed by atoms with Crippen LogP contribution in [0.5, 0.6) is 0 Å². The molecule has 0 aliphatic heterocycles. The van der Waals surface area contributed by atoms with Crippen LogP contribution < -0.4 is 0 Å². The first-order chi connectivity index (χ1) is 25.8. The van der Waals surface area contributed by atoms with Crippen molar-refractivity contribution in [2.45, 2.75) is 0 Å². The van der Waals surface area contributed by atoms with Crippen LogP contribution >= 0.6 is 0 Å². The number of pyridine rings is 3. The van der Waals surface area contributed by atoms with Crippen molar-refractivity contribution in [3.05, 3.63) is 176 Å². The van der Waals surface area contributed by atoms with Crippen LogP contribution in [0, 0.1) is 0 Å². The van der Waals surface area contributed by atoms with Crippen LogP contribution in [-0.2, 0) is 0 Å². The summed E-state index contributed by atoms with van der Waals surface area (Å²) in [6, 6.07) is 57.1. The molecule has 3 nitrogen and oxygen atoms in total. The van der Waals surface area contributed by atoms with Crippen molar-refractivity contribution in [2.24, 2.45) is 0 Å². The van der Waals surface area contributed by atoms with E-state index in [0.29, 0.717) is 0 Å². The van der Waals surface area contributed by atoms with Gasteiger partial charge in [0.15, 0.2) is 0 Å². The van der Waals surface area contributed by atoms with E-state index in [4.69, 9.17) is 9.97 Å². The highest BCUT2D eigenvalue weighted by molar-refractivity contribution is 6.28. The van der Waals surface area contributed by atoms with Gasteiger partial charge in [-0.1, -0.05) is 115 Å². The molecule has 0 fully saturated rings. The predicted octanol–water partition coefficient (Wildman–Crippen LogP) is 12.9. The number of benzene rings is 8. The molecule has 0 saturated carbocycles. The Kier molecular flexibility index (Phi) is 6.25. The number of para-hydroxylation sites is 2. The Hall–Kier alpha value is -6.97. The summed E-state index contributed by atoms with van der Waals surface area (Å²) in [6.07, 6.45) is 5.63. The van der Waals surface area contributed by atoms with E-state index in [2.05, 4.69) is 145 Å². The van der Waals surface area contributed by atoms with Crippen molar-refractivity contribution >= 4 is 65.0 Å². The predicted molar refractivity (Wildman–Crippen MR) is 218 cm³/mol. The molecule has 0 aliphatic rings. The van der Waals surface area contributed by atoms with Crippen molar-refractivity contribution in [3.63, 3.8) is 0 Å². The van der Waals surface area contributed by atoms with E-state index in [1.165, 1.54) is 49.0 Å². The maximum Gasteiger partial charge on any atom is 0.0780 e. The highest BCUT2D eigenvalue weighted by Crippen LogP contribution is 2.45. The quantitative estimate of drug-likeness (QED) is 0.177. The van der Waals surface area contributed by atoms with Crippen molar-refractivity contribution in [1.82, 2.24) is 15.0 Å². The summed E-state index contributed by atoms with van der Waals surface area (Å²) in [6.45, 7) is 0. The van der Waals surface area contributed by atoms with Gasteiger partial charge in [0, 0.05) is 45.9 Å². The highest BCUT2D eigenvalue weighted by Gasteiger charge is 2.18. The van der Waals surface area contributed by atoms with E-state index in [0.717, 1.165) is 60.5 Å². The third-order valence-electron chi connectivity index (χ3n) is 10.7. The van der Waals surface area contributed by atoms with E-state index in [1.807, 2.05) is 36.8 Å². The van der Waals surface area contributed by atoms with Gasteiger partial charge in [0.2, 0.25) is 0 Å². The summed E-state index contributed by atoms with van der Waals surface area (Å²) >= 11 is 0. The van der Waals surface area contributed by atoms with E-state index in [-0.39, 0.29) is 0 Å². The normalized spacial score (nSPS) is 11.8. The van der Waals surface area contributed by atoms with Gasteiger partial charge in [-0.25, -0.2) is 0 Å². The van der Waals surface area contributed by atoms with Crippen LogP contribution in [0.2, 0.25) is 0 Å². The molecular formula is C49H29N3. The molecule has 0 saturated heterocycles. The molecule has 3 heteroatoms. The zero-order valence-electron chi connectivity index (χ0n) is 28.1. The molecule has 0 aliphatic carbocycles. The summed E-state index contributed by atoms with van der Waals surface area (Å²) < 4.78 is 0. The molecule has 0 bridgehead atoms. The molecule has 8 aromatic carbocycles. The van der Waals surface area contributed by atoms with Gasteiger partial charge in [-0.05, 0) is 108 Å². The number of hydrogen-bond acceptors (Lipinski definition) is 3. The second-order valence-corrected chi connectivity index (χ2v) is 13.6. The smallest absolute Gasteiger partial charge is 0.0780 e. The lowest BCUT2D eigenvalue weighted by molar-refractivity contribution is 1.41. The van der Waals surface area contributed by atoms with Crippen LogP contribution in [-0.4, -0.2) is 15.0 Å². The van der Waals surface area contributed by atoms with Crippen molar-refractivity contribution in [1.29, 1.82) is 0 Å². The SMILES string of the molecule is c1cnc2c(-c3cc(-c4ccc5ccc6c(-c7cccc8ncccc78)ccc7ccc4c5c76)cc(-c4cccc5cccnc45)c3)cccc2c1. The highest BCUT2D eigenvalue weighted by atomic mass is 14.7. The number of nitrogens with zero attached hydrogens (tertiary/aromatic N) is 3. The summed E-state index contributed by atoms with van der Waals surface area (Å²) in [5.74, 6) is 0. The molecule has 240 valence electrons. The lowest BCUT2D eigenvalue weighted by Crippen LogP contribution is -1.92. The van der Waals surface area contributed by atoms with Crippen LogP contribution in [0.3, 0.4) is 0 Å². The van der Waals surface area contributed by atoms with E-state index < -0.39 is 0 Å². The van der Waals surface area contributed by atoms with Gasteiger partial charge >= 0.3 is 0 Å². The number of aromatic nitrogens is 3. The molecule has 3 heterocycles. The minimum Gasteiger partial charge on any atom is -0.256 e. The van der Waals surface area contributed by atoms with E-state index >= 15 is 0 Å². The van der Waals surface area contributed by atoms with Crippen LogP contribution in [0.25, 0.3) is 110 Å². The zero-order valence-corrected chi connectivity index (χ0v) is 28.1. The first kappa shape index (κ1) is 28.8. The van der Waals surface area contributed by atoms with Crippen LogP contribution in [0.1, 0.15) is 0 Å². The van der Waals surface area contributed by atoms with Gasteiger partial charge < -0.3 is 0 Å². The molecule has 0 N–H and O–H groups in total. The Morgan fingerprint density at radius 1 is 0.288 bits per heavy atom. The topological polar surface area (TPSA) is 38.7 Å². The van der Waals surface area contributed by atoms with Crippen molar-refractivity contribution < 1.29 is 0 Å². The van der Waals surface area contributed by atoms with Crippen LogP contribution in [0.4, 0.5) is 0 Å². The third-order valence-corrected chi connectivity index (χ3v) is 10.7. The molecule has 11 aromatic rings. The second-order valence-electron chi connectivity index (χ2n) is 13.6. The lowest BCUT2D eigenvalue weighted by atomic mass is 9.85. The van der Waals surface area contributed by atoms with Gasteiger partial charge in [0.25, 0.3) is 0 Å². The van der Waals surface area contributed by atoms with Gasteiger partial charge in [0.1, 0.15) is 0 Å². The minimum atomic E-state index is 0.996. The summed E-state index contributed by atoms with van der Waals surface area (Å²) in [7, 11) is 0. The van der Waals surface area contributed by atoms with Gasteiger partial charge in [-0.2, -0.15) is 0 Å². The Bertz CT molecular complexity index is 3080. The van der Waals surface area contributed by atoms with Crippen LogP contribution in [0.15, 0.2) is 176 Å². The molecule has 0 amide bonds. The molecule has 0 radical (unpaired) electrons. The standard InChI is InChI=1S/C49H29N3/c1-7-32-9-4-25-51-48(32)38(11-1)35-27-34(28-36(29-35)39-12-2-8-33-10-5-26-52-49(33)39)37-20-16-30-19-23-44-41(21-17-31-18-22-43(37)46(30)47(31)44)40-13-3-15-45-42(40)14-6-24-50-45/h1-29H. The minimum absolute atomic E-state index is 0.996. The Balaban J connectivity index is 1.20. The molecule has 0 spiro atoms. The molecule has 0 atom stereocenters. The summed E-state index contributed by atoms with van der Waals surface area (Å²) in [4.78, 5) is 14.4. The summed E-state index contributed by atoms with van der Waals surface area (Å²) in [5.41, 5.74) is 12.3. The first-order valence-electron chi connectivity index (χ1n) is 17.7. The molecule has 3 aromatic heterocycles. The van der Waals surface area contributed by atoms with Crippen molar-refractivity contribution in [3.8, 4) is 44.5 Å². The maximum atomic E-state index is 4.85. The average Bonchev–Trinajstić information content (AvgIpc) is 3.22. The Morgan fingerprint density at radius 2 is 0.750 bits per heavy atom. The van der Waals surface area contributed by atoms with Crippen molar-refractivity contribution in [2.75, 3.05) is 0 Å². The zero-order chi connectivity index (χ0) is 34.2. The van der Waals surface area contributed by atoms with Gasteiger partial charge in [0.05, 0.1) is 16.6 Å². The maximum absolute atomic E-state index is 4.85. The van der Waals surface area contributed by atoms with E-state index in [9.17, 15) is 0 Å². The molecular weight excluding hydrogens is 631 g/mol. The summed E-state index contributed by atoms with van der Waals surface area (Å²) in [5, 5.41) is 11.0. The molecule has 52 heavy (non-hydrogen) atoms. The fourth-order valence-corrected chi connectivity index (χ4v) is 8.39. The second kappa shape index (κ2) is 11.3. The fraction of sp³-hybridized carbons (Fsp3) is 0. The lowest BCUT2D eigenvalue weighted by Gasteiger charge is -2.18. The Morgan fingerprint density at radius 3 is 1.40 bits per heavy atom. The number of rotatable bonds is 4. The average molecular weight is 660 g/mol. The molecule has 11 rings (SSSR count). The third kappa shape index (κ3) is 4.36. The van der Waals surface area contributed by atoms with E-state index in [1.54, 1.807) is 0 Å². The van der Waals surface area contributed by atoms with Gasteiger partial charge in [-0.3, -0.25) is 15.0 Å². The van der Waals surface area contributed by atoms with Gasteiger partial charge in [-0.15, -0.1) is 0 Å². The Labute approximate surface area is 299 Å². The first-order valence-corrected chi connectivity index (χ1v) is 17.7.